The van der Waals surface area contributed by atoms with Gasteiger partial charge < -0.3 is 24.5 Å². The number of Topliss-reactive ketones (excluding diaryl/α,β-unsaturated/α-hetero) is 1. The Hall–Kier alpha value is -2.06. The first-order valence-corrected chi connectivity index (χ1v) is 11.3. The van der Waals surface area contributed by atoms with Crippen molar-refractivity contribution in [1.82, 2.24) is 0 Å². The number of aliphatic hydroxyl groups is 2. The van der Waals surface area contributed by atoms with Crippen molar-refractivity contribution in [1.29, 1.82) is 0 Å². The van der Waals surface area contributed by atoms with Gasteiger partial charge in [0.1, 0.15) is 18.5 Å². The van der Waals surface area contributed by atoms with Gasteiger partial charge in [0.2, 0.25) is 0 Å². The molecule has 8 heteroatoms. The molecule has 176 valence electrons. The molecule has 4 aliphatic carbocycles. The topological polar surface area (TPSA) is 127 Å². The second-order valence-corrected chi connectivity index (χ2v) is 10.7. The molecule has 32 heavy (non-hydrogen) atoms. The maximum absolute atomic E-state index is 13.6. The lowest BCUT2D eigenvalue weighted by Crippen LogP contribution is -2.74. The average Bonchev–Trinajstić information content (AvgIpc) is 2.80. The fourth-order valence-electron chi connectivity index (χ4n) is 7.79. The Morgan fingerprint density at radius 3 is 2.31 bits per heavy atom. The van der Waals surface area contributed by atoms with E-state index in [4.69, 9.17) is 9.47 Å². The minimum Gasteiger partial charge on any atom is -0.462 e. The molecule has 2 unspecified atom stereocenters. The predicted octanol–water partition coefficient (Wildman–Crippen LogP) is 1.36. The number of ketones is 1. The molecule has 9 atom stereocenters. The molecule has 0 aliphatic heterocycles. The molecule has 0 heterocycles. The number of aldehydes is 1. The summed E-state index contributed by atoms with van der Waals surface area (Å²) in [5.41, 5.74) is -3.42. The molecular formula is C24H32O8. The van der Waals surface area contributed by atoms with Gasteiger partial charge in [-0.25, -0.2) is 0 Å². The number of hydrogen-bond donors (Lipinski definition) is 2. The van der Waals surface area contributed by atoms with E-state index in [9.17, 15) is 29.4 Å². The largest absolute Gasteiger partial charge is 0.462 e. The van der Waals surface area contributed by atoms with Crippen LogP contribution >= 0.6 is 0 Å². The zero-order valence-corrected chi connectivity index (χ0v) is 19.0. The summed E-state index contributed by atoms with van der Waals surface area (Å²) >= 11 is 0. The monoisotopic (exact) mass is 448 g/mol. The minimum absolute atomic E-state index is 0.0790. The van der Waals surface area contributed by atoms with E-state index in [0.29, 0.717) is 12.8 Å². The second kappa shape index (κ2) is 7.22. The van der Waals surface area contributed by atoms with Crippen molar-refractivity contribution in [3.8, 4) is 0 Å². The van der Waals surface area contributed by atoms with Crippen LogP contribution in [0.25, 0.3) is 0 Å². The average molecular weight is 449 g/mol. The Morgan fingerprint density at radius 2 is 1.75 bits per heavy atom. The lowest BCUT2D eigenvalue weighted by atomic mass is 9.38. The lowest BCUT2D eigenvalue weighted by molar-refractivity contribution is -0.271. The van der Waals surface area contributed by atoms with E-state index in [1.807, 2.05) is 13.8 Å². The Morgan fingerprint density at radius 1 is 1.12 bits per heavy atom. The van der Waals surface area contributed by atoms with Crippen molar-refractivity contribution in [3.63, 3.8) is 0 Å². The third-order valence-electron chi connectivity index (χ3n) is 8.91. The second-order valence-electron chi connectivity index (χ2n) is 10.7. The van der Waals surface area contributed by atoms with Crippen LogP contribution in [0, 0.1) is 34.0 Å². The van der Waals surface area contributed by atoms with Gasteiger partial charge in [0.25, 0.3) is 0 Å². The first-order chi connectivity index (χ1) is 14.8. The lowest BCUT2D eigenvalue weighted by Gasteiger charge is -2.66. The van der Waals surface area contributed by atoms with Crippen molar-refractivity contribution in [3.05, 3.63) is 12.2 Å². The molecule has 4 saturated carbocycles. The van der Waals surface area contributed by atoms with E-state index in [1.54, 1.807) is 0 Å². The maximum Gasteiger partial charge on any atom is 0.302 e. The minimum atomic E-state index is -1.75. The highest BCUT2D eigenvalue weighted by Gasteiger charge is 2.79. The quantitative estimate of drug-likeness (QED) is 0.376. The van der Waals surface area contributed by atoms with E-state index < -0.39 is 76.1 Å². The van der Waals surface area contributed by atoms with Gasteiger partial charge in [-0.1, -0.05) is 20.4 Å². The molecule has 0 radical (unpaired) electrons. The van der Waals surface area contributed by atoms with Crippen LogP contribution in [0.15, 0.2) is 12.2 Å². The normalized spacial score (nSPS) is 46.6. The first kappa shape index (κ1) is 23.1. The van der Waals surface area contributed by atoms with E-state index in [1.165, 1.54) is 13.8 Å². The van der Waals surface area contributed by atoms with Crippen molar-refractivity contribution in [2.24, 2.45) is 34.0 Å². The van der Waals surface area contributed by atoms with Crippen LogP contribution in [-0.2, 0) is 28.7 Å². The summed E-state index contributed by atoms with van der Waals surface area (Å²) in [6.07, 6.45) is -2.36. The molecule has 0 saturated heterocycles. The highest BCUT2D eigenvalue weighted by atomic mass is 16.6. The van der Waals surface area contributed by atoms with Crippen LogP contribution in [0.2, 0.25) is 0 Å². The van der Waals surface area contributed by atoms with Gasteiger partial charge in [0.15, 0.2) is 5.78 Å². The Bertz CT molecular complexity index is 892. The smallest absolute Gasteiger partial charge is 0.302 e. The number of rotatable bonds is 3. The van der Waals surface area contributed by atoms with Gasteiger partial charge in [-0.2, -0.15) is 0 Å². The molecule has 0 aromatic heterocycles. The SMILES string of the molecule is C=C1C(=O)C23C(O)C[C@@H]4C(C)(C)CC[C@@H](OC(C)=O)[C@@]4(C=O)[C@@H]2[C@@H](OC(C)=O)C[C@@H]1[C@H]3O. The maximum atomic E-state index is 13.6. The Labute approximate surface area is 187 Å². The summed E-state index contributed by atoms with van der Waals surface area (Å²) in [5.74, 6) is -3.83. The molecule has 4 fully saturated rings. The van der Waals surface area contributed by atoms with E-state index >= 15 is 0 Å². The summed E-state index contributed by atoms with van der Waals surface area (Å²) < 4.78 is 11.4. The van der Waals surface area contributed by atoms with Gasteiger partial charge in [0, 0.05) is 25.7 Å². The summed E-state index contributed by atoms with van der Waals surface area (Å²) in [7, 11) is 0. The fourth-order valence-corrected chi connectivity index (χ4v) is 7.79. The molecular weight excluding hydrogens is 416 g/mol. The third-order valence-corrected chi connectivity index (χ3v) is 8.91. The molecule has 0 aromatic rings. The highest BCUT2D eigenvalue weighted by Crippen LogP contribution is 2.71. The Kier molecular flexibility index (Phi) is 5.21. The molecule has 4 rings (SSSR count). The van der Waals surface area contributed by atoms with Crippen LogP contribution < -0.4 is 0 Å². The van der Waals surface area contributed by atoms with Crippen LogP contribution in [-0.4, -0.2) is 58.6 Å². The number of esters is 2. The van der Waals surface area contributed by atoms with Gasteiger partial charge in [-0.3, -0.25) is 14.4 Å². The number of carbonyl (C=O) groups excluding carboxylic acids is 4. The number of aliphatic hydroxyl groups excluding tert-OH is 2. The van der Waals surface area contributed by atoms with Crippen molar-refractivity contribution >= 4 is 24.0 Å². The molecule has 2 bridgehead atoms. The molecule has 1 spiro atoms. The van der Waals surface area contributed by atoms with Gasteiger partial charge in [-0.15, -0.1) is 0 Å². The number of fused-ring (bicyclic) bond motifs is 3. The van der Waals surface area contributed by atoms with Gasteiger partial charge >= 0.3 is 11.9 Å². The van der Waals surface area contributed by atoms with Crippen molar-refractivity contribution < 1.29 is 38.9 Å². The molecule has 4 aliphatic rings. The molecule has 0 amide bonds. The van der Waals surface area contributed by atoms with Gasteiger partial charge in [0.05, 0.1) is 23.0 Å². The molecule has 2 N–H and O–H groups in total. The molecule has 8 nitrogen and oxygen atoms in total. The van der Waals surface area contributed by atoms with Crippen LogP contribution in [0.4, 0.5) is 0 Å². The number of hydrogen-bond acceptors (Lipinski definition) is 8. The zero-order valence-electron chi connectivity index (χ0n) is 19.0. The zero-order chi connectivity index (χ0) is 23.8. The first-order valence-electron chi connectivity index (χ1n) is 11.3. The summed E-state index contributed by atoms with van der Waals surface area (Å²) in [4.78, 5) is 50.8. The van der Waals surface area contributed by atoms with E-state index in [0.717, 1.165) is 6.29 Å². The van der Waals surface area contributed by atoms with Crippen molar-refractivity contribution in [2.45, 2.75) is 77.8 Å². The highest BCUT2D eigenvalue weighted by molar-refractivity contribution is 6.05. The fraction of sp³-hybridized carbons (Fsp3) is 0.750. The van der Waals surface area contributed by atoms with E-state index in [2.05, 4.69) is 6.58 Å². The van der Waals surface area contributed by atoms with Crippen LogP contribution in [0.1, 0.15) is 53.4 Å². The molecule has 0 aromatic carbocycles. The number of ether oxygens (including phenoxy) is 2. The summed E-state index contributed by atoms with van der Waals surface area (Å²) in [6.45, 7) is 10.4. The van der Waals surface area contributed by atoms with Crippen molar-refractivity contribution in [2.75, 3.05) is 0 Å². The number of carbonyl (C=O) groups is 4. The van der Waals surface area contributed by atoms with E-state index in [-0.39, 0.29) is 18.4 Å². The summed E-state index contributed by atoms with van der Waals surface area (Å²) in [5, 5.41) is 22.8. The predicted molar refractivity (Wildman–Crippen MR) is 111 cm³/mol. The third kappa shape index (κ3) is 2.68. The van der Waals surface area contributed by atoms with Gasteiger partial charge in [-0.05, 0) is 42.6 Å². The summed E-state index contributed by atoms with van der Waals surface area (Å²) in [6, 6.07) is 0. The Balaban J connectivity index is 2.02. The van der Waals surface area contributed by atoms with Crippen LogP contribution in [0.5, 0.6) is 0 Å². The standard InChI is InChI=1S/C24H32O8/c1-11-14-8-15(31-12(2)26)19-23(10-25)16(9-17(28)24(19,20(11)29)21(14)30)22(4,5)7-6-18(23)32-13(3)27/h10,14-19,21,28,30H,1,6-9H2,2-5H3/t14-,15-,16+,17?,18+,19-,21+,23-,24?/m0/s1. The van der Waals surface area contributed by atoms with Crippen LogP contribution in [0.3, 0.4) is 0 Å².